The number of hydrogen-bond donors (Lipinski definition) is 1. The summed E-state index contributed by atoms with van der Waals surface area (Å²) in [5, 5.41) is -0.108. The average molecular weight is 247 g/mol. The molecule has 2 nitrogen and oxygen atoms in total. The molecule has 0 aromatic carbocycles. The molecule has 2 unspecified atom stereocenters. The molecule has 0 saturated heterocycles. The molecular weight excluding hydrogens is 234 g/mol. The molecule has 0 aromatic heterocycles. The van der Waals surface area contributed by atoms with E-state index in [1.54, 1.807) is 12.2 Å². The van der Waals surface area contributed by atoms with Gasteiger partial charge in [0.15, 0.2) is 0 Å². The van der Waals surface area contributed by atoms with Gasteiger partial charge in [-0.1, -0.05) is 6.08 Å². The van der Waals surface area contributed by atoms with Crippen molar-refractivity contribution in [2.24, 2.45) is 10.7 Å². The molecule has 0 radical (unpaired) electrons. The van der Waals surface area contributed by atoms with Crippen LogP contribution in [0.4, 0.5) is 8.78 Å². The van der Waals surface area contributed by atoms with Gasteiger partial charge in [0, 0.05) is 19.4 Å². The van der Waals surface area contributed by atoms with E-state index in [2.05, 4.69) is 4.99 Å². The standard InChI is InChI=1S/C11H13ClF2N2/c1-11(13,14)10-5-8(15)7-4-6(12)2-3-9(7)16-10/h2-3,6,8H,4-5,15H2,1H3. The molecule has 0 spiro atoms. The second-order valence-electron chi connectivity index (χ2n) is 4.25. The Balaban J connectivity index is 2.36. The Morgan fingerprint density at radius 2 is 2.19 bits per heavy atom. The highest BCUT2D eigenvalue weighted by atomic mass is 35.5. The van der Waals surface area contributed by atoms with Crippen molar-refractivity contribution < 1.29 is 8.78 Å². The van der Waals surface area contributed by atoms with Crippen LogP contribution < -0.4 is 5.73 Å². The first-order valence-corrected chi connectivity index (χ1v) is 5.58. The monoisotopic (exact) mass is 246 g/mol. The Bertz CT molecular complexity index is 393. The van der Waals surface area contributed by atoms with Crippen molar-refractivity contribution >= 4 is 17.3 Å². The molecule has 2 aliphatic rings. The number of halogens is 3. The summed E-state index contributed by atoms with van der Waals surface area (Å²) in [5.41, 5.74) is 7.18. The molecule has 1 heterocycles. The third-order valence-electron chi connectivity index (χ3n) is 2.83. The lowest BCUT2D eigenvalue weighted by Gasteiger charge is -2.29. The van der Waals surface area contributed by atoms with Gasteiger partial charge in [0.2, 0.25) is 0 Å². The fourth-order valence-corrected chi connectivity index (χ4v) is 2.17. The summed E-state index contributed by atoms with van der Waals surface area (Å²) < 4.78 is 26.3. The van der Waals surface area contributed by atoms with Crippen molar-refractivity contribution in [3.05, 3.63) is 23.4 Å². The Hall–Kier alpha value is -0.740. The summed E-state index contributed by atoms with van der Waals surface area (Å²) >= 11 is 5.95. The largest absolute Gasteiger partial charge is 0.324 e. The Labute approximate surface area is 97.9 Å². The first kappa shape index (κ1) is 11.7. The van der Waals surface area contributed by atoms with E-state index >= 15 is 0 Å². The topological polar surface area (TPSA) is 38.4 Å². The lowest BCUT2D eigenvalue weighted by Crippen LogP contribution is -2.38. The van der Waals surface area contributed by atoms with Crippen LogP contribution in [0.2, 0.25) is 0 Å². The lowest BCUT2D eigenvalue weighted by molar-refractivity contribution is 0.0972. The summed E-state index contributed by atoms with van der Waals surface area (Å²) in [6.45, 7) is 0.848. The molecule has 1 aliphatic carbocycles. The lowest BCUT2D eigenvalue weighted by atomic mass is 9.89. The quantitative estimate of drug-likeness (QED) is 0.710. The van der Waals surface area contributed by atoms with Gasteiger partial charge in [0.1, 0.15) is 0 Å². The maximum atomic E-state index is 13.2. The Morgan fingerprint density at radius 1 is 1.50 bits per heavy atom. The van der Waals surface area contributed by atoms with Crippen LogP contribution in [0.3, 0.4) is 0 Å². The van der Waals surface area contributed by atoms with Crippen LogP contribution in [-0.2, 0) is 0 Å². The normalized spacial score (nSPS) is 30.2. The number of nitrogens with zero attached hydrogens (tertiary/aromatic N) is 1. The Morgan fingerprint density at radius 3 is 2.81 bits per heavy atom. The van der Waals surface area contributed by atoms with Crippen molar-refractivity contribution in [2.75, 3.05) is 0 Å². The third kappa shape index (κ3) is 2.18. The number of aliphatic imine (C=N–C) groups is 1. The molecule has 88 valence electrons. The third-order valence-corrected chi connectivity index (χ3v) is 3.13. The maximum absolute atomic E-state index is 13.2. The van der Waals surface area contributed by atoms with Crippen LogP contribution >= 0.6 is 11.6 Å². The number of allylic oxidation sites excluding steroid dienone is 2. The SMILES string of the molecule is CC(F)(F)C1=NC2=C(CC(Cl)C=C2)C(N)C1. The summed E-state index contributed by atoms with van der Waals surface area (Å²) in [7, 11) is 0. The molecule has 16 heavy (non-hydrogen) atoms. The van der Waals surface area contributed by atoms with Crippen LogP contribution in [0.5, 0.6) is 0 Å². The minimum Gasteiger partial charge on any atom is -0.324 e. The van der Waals surface area contributed by atoms with Crippen molar-refractivity contribution in [1.29, 1.82) is 0 Å². The van der Waals surface area contributed by atoms with Crippen LogP contribution in [0.15, 0.2) is 28.4 Å². The number of rotatable bonds is 1. The summed E-state index contributed by atoms with van der Waals surface area (Å²) in [4.78, 5) is 3.98. The number of nitrogens with two attached hydrogens (primary N) is 1. The zero-order chi connectivity index (χ0) is 11.9. The van der Waals surface area contributed by atoms with Crippen LogP contribution in [-0.4, -0.2) is 23.1 Å². The second kappa shape index (κ2) is 3.93. The van der Waals surface area contributed by atoms with E-state index in [0.29, 0.717) is 12.1 Å². The van der Waals surface area contributed by atoms with E-state index in [9.17, 15) is 8.78 Å². The average Bonchev–Trinajstić information content (AvgIpc) is 2.17. The minimum atomic E-state index is -2.90. The van der Waals surface area contributed by atoms with Crippen LogP contribution in [0, 0.1) is 0 Å². The van der Waals surface area contributed by atoms with Gasteiger partial charge in [0.05, 0.1) is 16.8 Å². The van der Waals surface area contributed by atoms with Crippen molar-refractivity contribution in [2.45, 2.75) is 37.1 Å². The highest BCUT2D eigenvalue weighted by Gasteiger charge is 2.35. The molecule has 0 amide bonds. The number of hydrogen-bond acceptors (Lipinski definition) is 2. The minimum absolute atomic E-state index is 0.108. The first-order valence-electron chi connectivity index (χ1n) is 5.14. The van der Waals surface area contributed by atoms with Gasteiger partial charge in [-0.3, -0.25) is 4.99 Å². The van der Waals surface area contributed by atoms with Gasteiger partial charge in [-0.2, -0.15) is 0 Å². The molecule has 0 saturated carbocycles. The fourth-order valence-electron chi connectivity index (χ4n) is 1.94. The van der Waals surface area contributed by atoms with E-state index in [4.69, 9.17) is 17.3 Å². The maximum Gasteiger partial charge on any atom is 0.283 e. The van der Waals surface area contributed by atoms with Gasteiger partial charge in [-0.15, -0.1) is 11.6 Å². The molecule has 2 rings (SSSR count). The van der Waals surface area contributed by atoms with E-state index in [-0.39, 0.29) is 23.6 Å². The van der Waals surface area contributed by atoms with Crippen molar-refractivity contribution in [3.8, 4) is 0 Å². The van der Waals surface area contributed by atoms with Crippen molar-refractivity contribution in [3.63, 3.8) is 0 Å². The molecule has 2 N–H and O–H groups in total. The van der Waals surface area contributed by atoms with Gasteiger partial charge in [-0.25, -0.2) is 8.78 Å². The zero-order valence-corrected chi connectivity index (χ0v) is 9.64. The van der Waals surface area contributed by atoms with Crippen LogP contribution in [0.25, 0.3) is 0 Å². The molecule has 2 atom stereocenters. The highest BCUT2D eigenvalue weighted by molar-refractivity contribution is 6.22. The summed E-state index contributed by atoms with van der Waals surface area (Å²) in [6.07, 6.45) is 4.15. The fraction of sp³-hybridized carbons (Fsp3) is 0.545. The molecule has 5 heteroatoms. The van der Waals surface area contributed by atoms with E-state index in [1.807, 2.05) is 0 Å². The smallest absolute Gasteiger partial charge is 0.283 e. The predicted molar refractivity (Wildman–Crippen MR) is 61.1 cm³/mol. The zero-order valence-electron chi connectivity index (χ0n) is 8.88. The van der Waals surface area contributed by atoms with Gasteiger partial charge >= 0.3 is 0 Å². The van der Waals surface area contributed by atoms with Gasteiger partial charge in [0.25, 0.3) is 5.92 Å². The van der Waals surface area contributed by atoms with E-state index in [1.165, 1.54) is 0 Å². The van der Waals surface area contributed by atoms with E-state index in [0.717, 1.165) is 12.5 Å². The van der Waals surface area contributed by atoms with Gasteiger partial charge in [-0.05, 0) is 18.1 Å². The molecule has 0 fully saturated rings. The summed E-state index contributed by atoms with van der Waals surface area (Å²) in [5.74, 6) is -2.90. The molecule has 0 bridgehead atoms. The highest BCUT2D eigenvalue weighted by Crippen LogP contribution is 2.33. The molecule has 0 aromatic rings. The van der Waals surface area contributed by atoms with Crippen molar-refractivity contribution in [1.82, 2.24) is 0 Å². The Kier molecular flexibility index (Phi) is 2.88. The first-order chi connectivity index (χ1) is 7.38. The summed E-state index contributed by atoms with van der Waals surface area (Å²) in [6, 6.07) is -0.389. The van der Waals surface area contributed by atoms with Crippen LogP contribution in [0.1, 0.15) is 19.8 Å². The predicted octanol–water partition coefficient (Wildman–Crippen LogP) is 2.64. The molecular formula is C11H13ClF2N2. The van der Waals surface area contributed by atoms with E-state index < -0.39 is 5.92 Å². The molecule has 1 aliphatic heterocycles. The van der Waals surface area contributed by atoms with Gasteiger partial charge < -0.3 is 5.73 Å². The second-order valence-corrected chi connectivity index (χ2v) is 4.81. The number of alkyl halides is 3.